The van der Waals surface area contributed by atoms with Gasteiger partial charge in [0.25, 0.3) is 0 Å². The first-order valence-electron chi connectivity index (χ1n) is 8.88. The van der Waals surface area contributed by atoms with E-state index in [9.17, 15) is 4.79 Å². The summed E-state index contributed by atoms with van der Waals surface area (Å²) in [5.74, 6) is 0.876. The molecule has 4 nitrogen and oxygen atoms in total. The number of nitrogens with one attached hydrogen (secondary N) is 2. The molecule has 0 saturated heterocycles. The quantitative estimate of drug-likeness (QED) is 0.690. The maximum absolute atomic E-state index is 12.2. The van der Waals surface area contributed by atoms with Crippen molar-refractivity contribution in [1.82, 2.24) is 10.6 Å². The number of aliphatic hydroxyl groups is 1. The second-order valence-corrected chi connectivity index (χ2v) is 6.81. The molecule has 23 heavy (non-hydrogen) atoms. The lowest BCUT2D eigenvalue weighted by molar-refractivity contribution is 0.225. The Kier molecular flexibility index (Phi) is 7.40. The van der Waals surface area contributed by atoms with Gasteiger partial charge in [-0.2, -0.15) is 0 Å². The van der Waals surface area contributed by atoms with Gasteiger partial charge < -0.3 is 15.7 Å². The van der Waals surface area contributed by atoms with Crippen molar-refractivity contribution in [3.05, 3.63) is 35.9 Å². The van der Waals surface area contributed by atoms with Gasteiger partial charge in [0.05, 0.1) is 0 Å². The van der Waals surface area contributed by atoms with E-state index in [4.69, 9.17) is 5.11 Å². The van der Waals surface area contributed by atoms with E-state index in [1.807, 2.05) is 13.0 Å². The summed E-state index contributed by atoms with van der Waals surface area (Å²) in [4.78, 5) is 12.2. The normalized spacial score (nSPS) is 17.7. The fourth-order valence-corrected chi connectivity index (χ4v) is 3.37. The molecule has 2 amide bonds. The summed E-state index contributed by atoms with van der Waals surface area (Å²) < 4.78 is 0. The maximum atomic E-state index is 12.2. The van der Waals surface area contributed by atoms with Gasteiger partial charge in [0, 0.05) is 19.2 Å². The van der Waals surface area contributed by atoms with E-state index < -0.39 is 0 Å². The standard InChI is InChI=1S/C19H30N2O2/c1-15(11-12-22)14-20-19(23)21-18(17-9-5-6-10-17)13-16-7-3-2-4-8-16/h2-4,7-8,15,17-18,22H,5-6,9-14H2,1H3,(H2,20,21,23). The molecule has 1 saturated carbocycles. The van der Waals surface area contributed by atoms with Crippen molar-refractivity contribution in [2.45, 2.75) is 51.5 Å². The van der Waals surface area contributed by atoms with Crippen LogP contribution in [0.4, 0.5) is 4.79 Å². The molecule has 1 aliphatic rings. The van der Waals surface area contributed by atoms with Gasteiger partial charge in [0.15, 0.2) is 0 Å². The fourth-order valence-electron chi connectivity index (χ4n) is 3.37. The maximum Gasteiger partial charge on any atom is 0.315 e. The zero-order valence-electron chi connectivity index (χ0n) is 14.1. The minimum absolute atomic E-state index is 0.0809. The zero-order chi connectivity index (χ0) is 16.5. The summed E-state index contributed by atoms with van der Waals surface area (Å²) in [6.07, 6.45) is 6.57. The Morgan fingerprint density at radius 1 is 1.26 bits per heavy atom. The molecule has 2 rings (SSSR count). The third-order valence-electron chi connectivity index (χ3n) is 4.82. The Morgan fingerprint density at radius 3 is 2.61 bits per heavy atom. The van der Waals surface area contributed by atoms with Crippen LogP contribution in [0.3, 0.4) is 0 Å². The van der Waals surface area contributed by atoms with E-state index >= 15 is 0 Å². The third-order valence-corrected chi connectivity index (χ3v) is 4.82. The zero-order valence-corrected chi connectivity index (χ0v) is 14.1. The van der Waals surface area contributed by atoms with Crippen LogP contribution in [-0.2, 0) is 6.42 Å². The molecular weight excluding hydrogens is 288 g/mol. The Morgan fingerprint density at radius 2 is 1.96 bits per heavy atom. The molecule has 1 fully saturated rings. The number of amides is 2. The van der Waals surface area contributed by atoms with Crippen LogP contribution in [-0.4, -0.2) is 30.3 Å². The molecule has 3 N–H and O–H groups in total. The van der Waals surface area contributed by atoms with Gasteiger partial charge >= 0.3 is 6.03 Å². The number of aliphatic hydroxyl groups excluding tert-OH is 1. The lowest BCUT2D eigenvalue weighted by Gasteiger charge is -2.25. The number of hydrogen-bond donors (Lipinski definition) is 3. The van der Waals surface area contributed by atoms with Crippen molar-refractivity contribution in [2.75, 3.05) is 13.2 Å². The van der Waals surface area contributed by atoms with Crippen molar-refractivity contribution < 1.29 is 9.90 Å². The lowest BCUT2D eigenvalue weighted by Crippen LogP contribution is -2.47. The van der Waals surface area contributed by atoms with Crippen molar-refractivity contribution in [2.24, 2.45) is 11.8 Å². The van der Waals surface area contributed by atoms with Gasteiger partial charge in [-0.1, -0.05) is 50.1 Å². The molecule has 0 spiro atoms. The Balaban J connectivity index is 1.88. The molecule has 0 bridgehead atoms. The SMILES string of the molecule is CC(CCO)CNC(=O)NC(Cc1ccccc1)C1CCCC1. The second-order valence-electron chi connectivity index (χ2n) is 6.81. The molecule has 2 atom stereocenters. The minimum atomic E-state index is -0.0809. The van der Waals surface area contributed by atoms with Crippen molar-refractivity contribution in [3.63, 3.8) is 0 Å². The van der Waals surface area contributed by atoms with Crippen LogP contribution in [0.15, 0.2) is 30.3 Å². The summed E-state index contributed by atoms with van der Waals surface area (Å²) in [5, 5.41) is 15.1. The molecule has 1 aromatic carbocycles. The Bertz CT molecular complexity index is 458. The highest BCUT2D eigenvalue weighted by molar-refractivity contribution is 5.74. The number of benzene rings is 1. The van der Waals surface area contributed by atoms with Gasteiger partial charge in [-0.25, -0.2) is 4.79 Å². The average molecular weight is 318 g/mol. The van der Waals surface area contributed by atoms with Crippen LogP contribution in [0.2, 0.25) is 0 Å². The largest absolute Gasteiger partial charge is 0.396 e. The van der Waals surface area contributed by atoms with Crippen LogP contribution in [0.25, 0.3) is 0 Å². The fraction of sp³-hybridized carbons (Fsp3) is 0.632. The number of rotatable bonds is 8. The molecule has 0 aliphatic heterocycles. The highest BCUT2D eigenvalue weighted by Crippen LogP contribution is 2.29. The lowest BCUT2D eigenvalue weighted by atomic mass is 9.92. The molecular formula is C19H30N2O2. The minimum Gasteiger partial charge on any atom is -0.396 e. The number of urea groups is 1. The molecule has 0 radical (unpaired) electrons. The van der Waals surface area contributed by atoms with E-state index in [1.54, 1.807) is 0 Å². The van der Waals surface area contributed by atoms with Crippen molar-refractivity contribution in [1.29, 1.82) is 0 Å². The predicted molar refractivity (Wildman–Crippen MR) is 93.3 cm³/mol. The summed E-state index contributed by atoms with van der Waals surface area (Å²) in [5.41, 5.74) is 1.28. The van der Waals surface area contributed by atoms with Gasteiger partial charge in [-0.05, 0) is 43.1 Å². The summed E-state index contributed by atoms with van der Waals surface area (Å²) >= 11 is 0. The highest BCUT2D eigenvalue weighted by atomic mass is 16.3. The molecule has 4 heteroatoms. The van der Waals surface area contributed by atoms with Gasteiger partial charge in [0.2, 0.25) is 0 Å². The molecule has 0 heterocycles. The number of carbonyl (C=O) groups excluding carboxylic acids is 1. The van der Waals surface area contributed by atoms with E-state index in [1.165, 1.54) is 31.2 Å². The summed E-state index contributed by atoms with van der Waals surface area (Å²) in [6, 6.07) is 10.5. The van der Waals surface area contributed by atoms with Gasteiger partial charge in [0.1, 0.15) is 0 Å². The van der Waals surface area contributed by atoms with Crippen LogP contribution in [0, 0.1) is 11.8 Å². The number of hydrogen-bond acceptors (Lipinski definition) is 2. The molecule has 0 aromatic heterocycles. The van der Waals surface area contributed by atoms with E-state index in [-0.39, 0.29) is 18.7 Å². The summed E-state index contributed by atoms with van der Waals surface area (Å²) in [7, 11) is 0. The third kappa shape index (κ3) is 6.22. The Labute approximate surface area is 139 Å². The monoisotopic (exact) mass is 318 g/mol. The van der Waals surface area contributed by atoms with Crippen LogP contribution in [0.1, 0.15) is 44.6 Å². The molecule has 2 unspecified atom stereocenters. The molecule has 128 valence electrons. The molecule has 1 aliphatic carbocycles. The van der Waals surface area contributed by atoms with Gasteiger partial charge in [-0.15, -0.1) is 0 Å². The van der Waals surface area contributed by atoms with E-state index in [0.717, 1.165) is 12.8 Å². The van der Waals surface area contributed by atoms with Crippen molar-refractivity contribution in [3.8, 4) is 0 Å². The van der Waals surface area contributed by atoms with Crippen molar-refractivity contribution >= 4 is 6.03 Å². The first-order valence-corrected chi connectivity index (χ1v) is 8.88. The van der Waals surface area contributed by atoms with Gasteiger partial charge in [-0.3, -0.25) is 0 Å². The first kappa shape index (κ1) is 17.8. The molecule has 1 aromatic rings. The number of carbonyl (C=O) groups is 1. The predicted octanol–water partition coefficient (Wildman–Crippen LogP) is 3.11. The second kappa shape index (κ2) is 9.56. The Hall–Kier alpha value is -1.55. The van der Waals surface area contributed by atoms with Crippen LogP contribution in [0.5, 0.6) is 0 Å². The smallest absolute Gasteiger partial charge is 0.315 e. The van der Waals surface area contributed by atoms with E-state index in [2.05, 4.69) is 34.9 Å². The summed E-state index contributed by atoms with van der Waals surface area (Å²) in [6.45, 7) is 2.81. The first-order chi connectivity index (χ1) is 11.2. The topological polar surface area (TPSA) is 61.4 Å². The van der Waals surface area contributed by atoms with Crippen LogP contribution < -0.4 is 10.6 Å². The van der Waals surface area contributed by atoms with E-state index in [0.29, 0.717) is 18.4 Å². The highest BCUT2D eigenvalue weighted by Gasteiger charge is 2.26. The van der Waals surface area contributed by atoms with Crippen LogP contribution >= 0.6 is 0 Å². The average Bonchev–Trinajstić information content (AvgIpc) is 3.08.